The second kappa shape index (κ2) is 10.7. The summed E-state index contributed by atoms with van der Waals surface area (Å²) in [6.07, 6.45) is 2.89. The fourth-order valence-corrected chi connectivity index (χ4v) is 3.32. The third-order valence-electron chi connectivity index (χ3n) is 3.71. The molecule has 2 rings (SSSR count). The quantitative estimate of drug-likeness (QED) is 0.410. The van der Waals surface area contributed by atoms with Gasteiger partial charge in [-0.25, -0.2) is 4.98 Å². The molecule has 1 aromatic carbocycles. The first-order chi connectivity index (χ1) is 12.2. The van der Waals surface area contributed by atoms with Gasteiger partial charge < -0.3 is 15.4 Å². The van der Waals surface area contributed by atoms with E-state index in [0.717, 1.165) is 56.3 Å². The normalized spacial score (nSPS) is 11.4. The minimum atomic E-state index is 0.794. The first kappa shape index (κ1) is 19.2. The van der Waals surface area contributed by atoms with Crippen LogP contribution in [0.15, 0.2) is 34.6 Å². The van der Waals surface area contributed by atoms with Crippen molar-refractivity contribution in [1.82, 2.24) is 15.6 Å². The van der Waals surface area contributed by atoms with Crippen LogP contribution in [0.3, 0.4) is 0 Å². The third-order valence-corrected chi connectivity index (χ3v) is 4.74. The summed E-state index contributed by atoms with van der Waals surface area (Å²) in [4.78, 5) is 9.14. The molecule has 0 radical (unpaired) electrons. The molecule has 136 valence electrons. The lowest BCUT2D eigenvalue weighted by Crippen LogP contribution is -2.38. The molecular formula is C19H28N4OS. The third kappa shape index (κ3) is 6.74. The van der Waals surface area contributed by atoms with Crippen LogP contribution in [-0.4, -0.2) is 37.7 Å². The number of rotatable bonds is 9. The number of aromatic nitrogens is 1. The number of hydrogen-bond acceptors (Lipinski definition) is 4. The summed E-state index contributed by atoms with van der Waals surface area (Å²) in [5.74, 6) is 1.80. The molecule has 5 nitrogen and oxygen atoms in total. The Labute approximate surface area is 154 Å². The van der Waals surface area contributed by atoms with Gasteiger partial charge in [-0.1, -0.05) is 18.2 Å². The van der Waals surface area contributed by atoms with Gasteiger partial charge in [0.1, 0.15) is 5.75 Å². The molecule has 0 saturated heterocycles. The van der Waals surface area contributed by atoms with Crippen molar-refractivity contribution in [3.05, 3.63) is 45.9 Å². The minimum absolute atomic E-state index is 0.794. The monoisotopic (exact) mass is 360 g/mol. The van der Waals surface area contributed by atoms with Crippen LogP contribution < -0.4 is 15.4 Å². The van der Waals surface area contributed by atoms with Crippen molar-refractivity contribution in [3.8, 4) is 5.75 Å². The number of aryl methyl sites for hydroxylation is 2. The van der Waals surface area contributed by atoms with Gasteiger partial charge in [0.15, 0.2) is 5.96 Å². The molecule has 1 heterocycles. The first-order valence-electron chi connectivity index (χ1n) is 8.78. The number of ether oxygens (including phenoxy) is 1. The number of methoxy groups -OCH3 is 1. The van der Waals surface area contributed by atoms with E-state index in [1.165, 1.54) is 10.6 Å². The highest BCUT2D eigenvalue weighted by Gasteiger charge is 2.03. The molecule has 6 heteroatoms. The van der Waals surface area contributed by atoms with E-state index in [9.17, 15) is 0 Å². The summed E-state index contributed by atoms with van der Waals surface area (Å²) in [6, 6.07) is 8.12. The van der Waals surface area contributed by atoms with E-state index in [1.54, 1.807) is 18.4 Å². The van der Waals surface area contributed by atoms with Crippen molar-refractivity contribution in [1.29, 1.82) is 0 Å². The van der Waals surface area contributed by atoms with Crippen LogP contribution in [0.4, 0.5) is 0 Å². The maximum atomic E-state index is 5.39. The lowest BCUT2D eigenvalue weighted by Gasteiger charge is -2.12. The van der Waals surface area contributed by atoms with E-state index in [1.807, 2.05) is 25.1 Å². The Morgan fingerprint density at radius 1 is 1.24 bits per heavy atom. The lowest BCUT2D eigenvalue weighted by atomic mass is 10.1. The summed E-state index contributed by atoms with van der Waals surface area (Å²) in [5, 5.41) is 9.98. The van der Waals surface area contributed by atoms with Gasteiger partial charge in [-0.15, -0.1) is 11.3 Å². The highest BCUT2D eigenvalue weighted by atomic mass is 32.1. The number of aliphatic imine (C=N–C) groups is 1. The topological polar surface area (TPSA) is 58.5 Å². The predicted octanol–water partition coefficient (Wildman–Crippen LogP) is 3.19. The van der Waals surface area contributed by atoms with Crippen molar-refractivity contribution in [3.63, 3.8) is 0 Å². The molecule has 1 aromatic heterocycles. The highest BCUT2D eigenvalue weighted by Crippen LogP contribution is 2.17. The van der Waals surface area contributed by atoms with E-state index < -0.39 is 0 Å². The number of hydrogen-bond donors (Lipinski definition) is 2. The average molecular weight is 361 g/mol. The maximum Gasteiger partial charge on any atom is 0.191 e. The van der Waals surface area contributed by atoms with E-state index in [-0.39, 0.29) is 0 Å². The average Bonchev–Trinajstić information content (AvgIpc) is 3.04. The molecule has 0 aliphatic heterocycles. The summed E-state index contributed by atoms with van der Waals surface area (Å²) in [7, 11) is 1.71. The lowest BCUT2D eigenvalue weighted by molar-refractivity contribution is 0.409. The van der Waals surface area contributed by atoms with Gasteiger partial charge in [-0.2, -0.15) is 0 Å². The van der Waals surface area contributed by atoms with Crippen LogP contribution in [0.25, 0.3) is 0 Å². The van der Waals surface area contributed by atoms with Gasteiger partial charge in [-0.05, 0) is 38.3 Å². The van der Waals surface area contributed by atoms with Gasteiger partial charge >= 0.3 is 0 Å². The molecule has 0 spiro atoms. The van der Waals surface area contributed by atoms with Crippen molar-refractivity contribution < 1.29 is 4.74 Å². The van der Waals surface area contributed by atoms with Crippen LogP contribution in [0.2, 0.25) is 0 Å². The molecule has 0 aliphatic rings. The fourth-order valence-electron chi connectivity index (χ4n) is 2.51. The molecule has 0 fully saturated rings. The standard InChI is InChI=1S/C19H28N4OS/c1-4-20-19(21-12-7-10-18-23-15(2)14-25-18)22-13-11-16-8-5-6-9-17(16)24-3/h5-6,8-9,14H,4,7,10-13H2,1-3H3,(H2,20,21,22). The van der Waals surface area contributed by atoms with Gasteiger partial charge in [0, 0.05) is 37.1 Å². The predicted molar refractivity (Wildman–Crippen MR) is 106 cm³/mol. The molecule has 0 saturated carbocycles. The first-order valence-corrected chi connectivity index (χ1v) is 9.66. The van der Waals surface area contributed by atoms with E-state index in [2.05, 4.69) is 39.0 Å². The summed E-state index contributed by atoms with van der Waals surface area (Å²) in [5.41, 5.74) is 2.31. The SMILES string of the molecule is CCNC(=NCCCc1nc(C)cs1)NCCc1ccccc1OC. The second-order valence-electron chi connectivity index (χ2n) is 5.74. The highest BCUT2D eigenvalue weighted by molar-refractivity contribution is 7.09. The van der Waals surface area contributed by atoms with Crippen LogP contribution >= 0.6 is 11.3 Å². The molecule has 0 unspecified atom stereocenters. The smallest absolute Gasteiger partial charge is 0.191 e. The van der Waals surface area contributed by atoms with Gasteiger partial charge in [0.25, 0.3) is 0 Å². The number of benzene rings is 1. The Hall–Kier alpha value is -2.08. The van der Waals surface area contributed by atoms with E-state index in [4.69, 9.17) is 4.74 Å². The molecule has 0 aliphatic carbocycles. The molecule has 0 amide bonds. The number of nitrogens with one attached hydrogen (secondary N) is 2. The van der Waals surface area contributed by atoms with Crippen molar-refractivity contribution in [2.75, 3.05) is 26.7 Å². The minimum Gasteiger partial charge on any atom is -0.496 e. The van der Waals surface area contributed by atoms with Crippen LogP contribution in [-0.2, 0) is 12.8 Å². The number of thiazole rings is 1. The maximum absolute atomic E-state index is 5.39. The van der Waals surface area contributed by atoms with Crippen LogP contribution in [0.1, 0.15) is 29.6 Å². The van der Waals surface area contributed by atoms with Crippen LogP contribution in [0.5, 0.6) is 5.75 Å². The summed E-state index contributed by atoms with van der Waals surface area (Å²) >= 11 is 1.73. The van der Waals surface area contributed by atoms with Crippen molar-refractivity contribution in [2.24, 2.45) is 4.99 Å². The zero-order valence-electron chi connectivity index (χ0n) is 15.3. The van der Waals surface area contributed by atoms with E-state index in [0.29, 0.717) is 0 Å². The summed E-state index contributed by atoms with van der Waals surface area (Å²) in [6.45, 7) is 6.58. The van der Waals surface area contributed by atoms with Crippen molar-refractivity contribution >= 4 is 17.3 Å². The Balaban J connectivity index is 1.77. The van der Waals surface area contributed by atoms with Gasteiger partial charge in [0.05, 0.1) is 12.1 Å². The fraction of sp³-hybridized carbons (Fsp3) is 0.474. The molecule has 0 bridgehead atoms. The Morgan fingerprint density at radius 2 is 2.08 bits per heavy atom. The number of guanidine groups is 1. The Bertz CT molecular complexity index is 669. The largest absolute Gasteiger partial charge is 0.496 e. The second-order valence-corrected chi connectivity index (χ2v) is 6.68. The molecule has 2 aromatic rings. The number of nitrogens with zero attached hydrogens (tertiary/aromatic N) is 2. The molecule has 25 heavy (non-hydrogen) atoms. The van der Waals surface area contributed by atoms with Gasteiger partial charge in [-0.3, -0.25) is 4.99 Å². The van der Waals surface area contributed by atoms with E-state index >= 15 is 0 Å². The Kier molecular flexibility index (Phi) is 8.25. The number of para-hydroxylation sites is 1. The zero-order valence-corrected chi connectivity index (χ0v) is 16.2. The van der Waals surface area contributed by atoms with Gasteiger partial charge in [0.2, 0.25) is 0 Å². The van der Waals surface area contributed by atoms with Crippen LogP contribution in [0, 0.1) is 6.92 Å². The molecule has 0 atom stereocenters. The Morgan fingerprint density at radius 3 is 2.80 bits per heavy atom. The zero-order chi connectivity index (χ0) is 17.9. The van der Waals surface area contributed by atoms with Crippen molar-refractivity contribution in [2.45, 2.75) is 33.1 Å². The molecule has 2 N–H and O–H groups in total. The summed E-state index contributed by atoms with van der Waals surface area (Å²) < 4.78 is 5.39. The molecular weight excluding hydrogens is 332 g/mol.